The van der Waals surface area contributed by atoms with Gasteiger partial charge in [0, 0.05) is 24.8 Å². The largest absolute Gasteiger partial charge is 0.329 e. The van der Waals surface area contributed by atoms with Crippen LogP contribution in [0.2, 0.25) is 0 Å². The van der Waals surface area contributed by atoms with Gasteiger partial charge < -0.3 is 4.90 Å². The first-order valence-corrected chi connectivity index (χ1v) is 6.06. The first-order chi connectivity index (χ1) is 8.22. The molecular weight excluding hydrogens is 232 g/mol. The average molecular weight is 247 g/mol. The van der Waals surface area contributed by atoms with Gasteiger partial charge in [-0.25, -0.2) is 4.98 Å². The molecule has 0 fully saturated rings. The lowest BCUT2D eigenvalue weighted by atomic mass is 10.2. The van der Waals surface area contributed by atoms with E-state index in [9.17, 15) is 0 Å². The van der Waals surface area contributed by atoms with Crippen molar-refractivity contribution in [1.29, 1.82) is 0 Å². The molecular formula is C14H15ClN2. The van der Waals surface area contributed by atoms with Crippen LogP contribution in [0.5, 0.6) is 0 Å². The molecule has 0 bridgehead atoms. The van der Waals surface area contributed by atoms with Crippen LogP contribution in [-0.2, 0) is 5.88 Å². The second kappa shape index (κ2) is 5.19. The maximum absolute atomic E-state index is 5.83. The van der Waals surface area contributed by atoms with Gasteiger partial charge >= 0.3 is 0 Å². The summed E-state index contributed by atoms with van der Waals surface area (Å²) in [5.41, 5.74) is 3.47. The third-order valence-electron chi connectivity index (χ3n) is 2.78. The highest BCUT2D eigenvalue weighted by molar-refractivity contribution is 6.17. The Morgan fingerprint density at radius 2 is 2.00 bits per heavy atom. The molecule has 88 valence electrons. The number of para-hydroxylation sites is 1. The Kier molecular flexibility index (Phi) is 3.64. The van der Waals surface area contributed by atoms with Gasteiger partial charge in [-0.05, 0) is 36.2 Å². The van der Waals surface area contributed by atoms with E-state index in [2.05, 4.69) is 28.9 Å². The zero-order valence-electron chi connectivity index (χ0n) is 10.0. The molecule has 1 heterocycles. The summed E-state index contributed by atoms with van der Waals surface area (Å²) in [7, 11) is 2.02. The fraction of sp³-hybridized carbons (Fsp3) is 0.214. The van der Waals surface area contributed by atoms with Crippen molar-refractivity contribution < 1.29 is 0 Å². The summed E-state index contributed by atoms with van der Waals surface area (Å²) in [5.74, 6) is 1.43. The summed E-state index contributed by atoms with van der Waals surface area (Å²) in [4.78, 5) is 6.45. The van der Waals surface area contributed by atoms with Crippen LogP contribution in [0.4, 0.5) is 11.5 Å². The predicted octanol–water partition coefficient (Wildman–Crippen LogP) is 3.90. The van der Waals surface area contributed by atoms with E-state index < -0.39 is 0 Å². The van der Waals surface area contributed by atoms with Crippen molar-refractivity contribution in [1.82, 2.24) is 4.98 Å². The molecule has 0 N–H and O–H groups in total. The monoisotopic (exact) mass is 246 g/mol. The molecule has 17 heavy (non-hydrogen) atoms. The summed E-state index contributed by atoms with van der Waals surface area (Å²) in [5, 5.41) is 0. The van der Waals surface area contributed by atoms with Gasteiger partial charge in [0.15, 0.2) is 0 Å². The molecule has 0 saturated carbocycles. The van der Waals surface area contributed by atoms with Crippen LogP contribution in [0.15, 0.2) is 42.6 Å². The van der Waals surface area contributed by atoms with E-state index in [1.165, 1.54) is 5.56 Å². The van der Waals surface area contributed by atoms with Gasteiger partial charge in [-0.15, -0.1) is 11.6 Å². The van der Waals surface area contributed by atoms with Crippen molar-refractivity contribution in [2.45, 2.75) is 12.8 Å². The molecule has 3 heteroatoms. The summed E-state index contributed by atoms with van der Waals surface area (Å²) < 4.78 is 0. The molecule has 1 aromatic heterocycles. The smallest absolute Gasteiger partial charge is 0.132 e. The van der Waals surface area contributed by atoms with Crippen LogP contribution in [-0.4, -0.2) is 12.0 Å². The topological polar surface area (TPSA) is 16.1 Å². The molecule has 0 aliphatic carbocycles. The van der Waals surface area contributed by atoms with Crippen molar-refractivity contribution in [3.8, 4) is 0 Å². The highest BCUT2D eigenvalue weighted by Gasteiger charge is 2.07. The molecule has 0 aliphatic rings. The number of halogens is 1. The van der Waals surface area contributed by atoms with Gasteiger partial charge in [0.05, 0.1) is 0 Å². The van der Waals surface area contributed by atoms with Gasteiger partial charge in [0.25, 0.3) is 0 Å². The number of anilines is 2. The summed E-state index contributed by atoms with van der Waals surface area (Å²) in [6.07, 6.45) is 1.79. The van der Waals surface area contributed by atoms with E-state index in [-0.39, 0.29) is 0 Å². The van der Waals surface area contributed by atoms with E-state index in [0.29, 0.717) is 5.88 Å². The quantitative estimate of drug-likeness (QED) is 0.764. The second-order valence-corrected chi connectivity index (χ2v) is 4.27. The first-order valence-electron chi connectivity index (χ1n) is 5.52. The molecule has 0 aliphatic heterocycles. The summed E-state index contributed by atoms with van der Waals surface area (Å²) in [6, 6.07) is 12.2. The third-order valence-corrected chi connectivity index (χ3v) is 3.09. The van der Waals surface area contributed by atoms with Gasteiger partial charge in [-0.1, -0.05) is 18.2 Å². The Morgan fingerprint density at radius 1 is 1.24 bits per heavy atom. The van der Waals surface area contributed by atoms with Crippen molar-refractivity contribution >= 4 is 23.1 Å². The maximum Gasteiger partial charge on any atom is 0.132 e. The number of hydrogen-bond donors (Lipinski definition) is 0. The van der Waals surface area contributed by atoms with E-state index in [1.54, 1.807) is 6.20 Å². The Labute approximate surface area is 107 Å². The highest BCUT2D eigenvalue weighted by Crippen LogP contribution is 2.25. The molecule has 2 nitrogen and oxygen atoms in total. The van der Waals surface area contributed by atoms with Gasteiger partial charge in [0.2, 0.25) is 0 Å². The summed E-state index contributed by atoms with van der Waals surface area (Å²) in [6.45, 7) is 2.09. The SMILES string of the molecule is Cc1ccccc1N(C)c1cc(CCl)ccn1. The minimum Gasteiger partial charge on any atom is -0.329 e. The molecule has 0 amide bonds. The second-order valence-electron chi connectivity index (χ2n) is 4.00. The Balaban J connectivity index is 2.37. The first kappa shape index (κ1) is 11.9. The number of nitrogens with zero attached hydrogens (tertiary/aromatic N) is 2. The number of benzene rings is 1. The molecule has 0 saturated heterocycles. The molecule has 0 unspecified atom stereocenters. The van der Waals surface area contributed by atoms with Crippen LogP contribution < -0.4 is 4.90 Å². The number of alkyl halides is 1. The third kappa shape index (κ3) is 2.59. The zero-order chi connectivity index (χ0) is 12.3. The molecule has 2 aromatic rings. The highest BCUT2D eigenvalue weighted by atomic mass is 35.5. The fourth-order valence-electron chi connectivity index (χ4n) is 1.79. The zero-order valence-corrected chi connectivity index (χ0v) is 10.8. The van der Waals surface area contributed by atoms with Crippen LogP contribution in [0.3, 0.4) is 0 Å². The molecule has 0 atom stereocenters. The predicted molar refractivity (Wildman–Crippen MR) is 73.0 cm³/mol. The lowest BCUT2D eigenvalue weighted by molar-refractivity contribution is 1.10. The fourth-order valence-corrected chi connectivity index (χ4v) is 1.96. The van der Waals surface area contributed by atoms with Crippen molar-refractivity contribution in [3.63, 3.8) is 0 Å². The van der Waals surface area contributed by atoms with E-state index in [1.807, 2.05) is 31.3 Å². The van der Waals surface area contributed by atoms with E-state index in [0.717, 1.165) is 17.1 Å². The normalized spacial score (nSPS) is 10.3. The number of aryl methyl sites for hydroxylation is 1. The van der Waals surface area contributed by atoms with Crippen molar-refractivity contribution in [2.24, 2.45) is 0 Å². The Morgan fingerprint density at radius 3 is 2.71 bits per heavy atom. The van der Waals surface area contributed by atoms with Crippen molar-refractivity contribution in [3.05, 3.63) is 53.7 Å². The molecule has 0 radical (unpaired) electrons. The minimum absolute atomic E-state index is 0.511. The van der Waals surface area contributed by atoms with Crippen molar-refractivity contribution in [2.75, 3.05) is 11.9 Å². The van der Waals surface area contributed by atoms with E-state index >= 15 is 0 Å². The average Bonchev–Trinajstić information content (AvgIpc) is 2.38. The molecule has 1 aromatic carbocycles. The van der Waals surface area contributed by atoms with E-state index in [4.69, 9.17) is 11.6 Å². The molecule has 0 spiro atoms. The number of hydrogen-bond acceptors (Lipinski definition) is 2. The lowest BCUT2D eigenvalue weighted by Gasteiger charge is -2.20. The molecule has 2 rings (SSSR count). The number of rotatable bonds is 3. The number of aromatic nitrogens is 1. The van der Waals surface area contributed by atoms with Gasteiger partial charge in [-0.3, -0.25) is 0 Å². The number of pyridine rings is 1. The minimum atomic E-state index is 0.511. The van der Waals surface area contributed by atoms with Crippen LogP contribution in [0, 0.1) is 6.92 Å². The standard InChI is InChI=1S/C14H15ClN2/c1-11-5-3-4-6-13(11)17(2)14-9-12(10-15)7-8-16-14/h3-9H,10H2,1-2H3. The van der Waals surface area contributed by atoms with Crippen LogP contribution in [0.1, 0.15) is 11.1 Å². The lowest BCUT2D eigenvalue weighted by Crippen LogP contribution is -2.12. The Bertz CT molecular complexity index is 511. The van der Waals surface area contributed by atoms with Gasteiger partial charge in [-0.2, -0.15) is 0 Å². The maximum atomic E-state index is 5.83. The van der Waals surface area contributed by atoms with Gasteiger partial charge in [0.1, 0.15) is 5.82 Å². The van der Waals surface area contributed by atoms with Crippen LogP contribution in [0.25, 0.3) is 0 Å². The summed E-state index contributed by atoms with van der Waals surface area (Å²) >= 11 is 5.83. The van der Waals surface area contributed by atoms with Crippen LogP contribution >= 0.6 is 11.6 Å². The Hall–Kier alpha value is -1.54.